The van der Waals surface area contributed by atoms with Crippen LogP contribution in [-0.2, 0) is 4.79 Å². The molecule has 1 heterocycles. The normalized spacial score (nSPS) is 15.5. The maximum Gasteiger partial charge on any atom is 0.280 e. The average molecular weight is 318 g/mol. The number of carbonyl (C=O) groups excluding carboxylic acids is 1. The topological polar surface area (TPSA) is 41.9 Å². The summed E-state index contributed by atoms with van der Waals surface area (Å²) in [4.78, 5) is 12.7. The van der Waals surface area contributed by atoms with Gasteiger partial charge in [0, 0.05) is 5.56 Å². The quantitative estimate of drug-likeness (QED) is 0.616. The summed E-state index contributed by atoms with van der Waals surface area (Å²) in [6.07, 6.45) is 3.51. The molecule has 1 aliphatic heterocycles. The van der Waals surface area contributed by atoms with Gasteiger partial charge in [0.1, 0.15) is 12.4 Å². The fourth-order valence-electron chi connectivity index (χ4n) is 2.46. The van der Waals surface area contributed by atoms with Crippen molar-refractivity contribution in [1.82, 2.24) is 0 Å². The van der Waals surface area contributed by atoms with E-state index in [0.29, 0.717) is 23.6 Å². The van der Waals surface area contributed by atoms with E-state index >= 15 is 0 Å². The summed E-state index contributed by atoms with van der Waals surface area (Å²) in [6, 6.07) is 17.0. The molecular weight excluding hydrogens is 300 g/mol. The van der Waals surface area contributed by atoms with Gasteiger partial charge in [-0.15, -0.1) is 0 Å². The first kappa shape index (κ1) is 15.7. The zero-order chi connectivity index (χ0) is 16.9. The van der Waals surface area contributed by atoms with Crippen molar-refractivity contribution in [2.24, 2.45) is 5.10 Å². The molecule has 0 fully saturated rings. The summed E-state index contributed by atoms with van der Waals surface area (Å²) in [5.41, 5.74) is 2.84. The van der Waals surface area contributed by atoms with E-state index in [4.69, 9.17) is 4.74 Å². The van der Waals surface area contributed by atoms with Gasteiger partial charge in [-0.25, -0.2) is 0 Å². The predicted molar refractivity (Wildman–Crippen MR) is 97.1 cm³/mol. The second-order valence-corrected chi connectivity index (χ2v) is 5.33. The van der Waals surface area contributed by atoms with Crippen LogP contribution in [0, 0.1) is 0 Å². The van der Waals surface area contributed by atoms with E-state index in [1.165, 1.54) is 5.01 Å². The van der Waals surface area contributed by atoms with Crippen LogP contribution in [0.2, 0.25) is 0 Å². The van der Waals surface area contributed by atoms with Gasteiger partial charge < -0.3 is 4.74 Å². The van der Waals surface area contributed by atoms with E-state index in [-0.39, 0.29) is 5.91 Å². The van der Waals surface area contributed by atoms with Crippen LogP contribution in [0.4, 0.5) is 5.69 Å². The molecule has 4 heteroatoms. The maximum absolute atomic E-state index is 12.7. The first-order valence-corrected chi connectivity index (χ1v) is 7.70. The molecule has 0 aromatic heterocycles. The highest BCUT2D eigenvalue weighted by atomic mass is 16.5. The second kappa shape index (κ2) is 6.96. The van der Waals surface area contributed by atoms with Gasteiger partial charge in [-0.05, 0) is 31.2 Å². The first-order chi connectivity index (χ1) is 11.7. The number of rotatable bonds is 5. The Kier molecular flexibility index (Phi) is 4.57. The number of hydrogen-bond donors (Lipinski definition) is 0. The van der Waals surface area contributed by atoms with Crippen molar-refractivity contribution in [2.45, 2.75) is 6.92 Å². The zero-order valence-electron chi connectivity index (χ0n) is 13.5. The molecule has 0 aliphatic carbocycles. The van der Waals surface area contributed by atoms with Crippen molar-refractivity contribution in [3.63, 3.8) is 0 Å². The van der Waals surface area contributed by atoms with E-state index in [1.807, 2.05) is 67.6 Å². The van der Waals surface area contributed by atoms with Crippen LogP contribution in [0.15, 0.2) is 77.9 Å². The van der Waals surface area contributed by atoms with Crippen LogP contribution in [0.5, 0.6) is 5.75 Å². The standard InChI is InChI=1S/C20H18N2O2/c1-3-13-24-19-12-8-7-9-16(19)14-18-15(2)21-22(20(18)23)17-10-5-4-6-11-17/h3-12,14H,1,13H2,2H3. The van der Waals surface area contributed by atoms with Crippen LogP contribution in [-0.4, -0.2) is 18.2 Å². The fourth-order valence-corrected chi connectivity index (χ4v) is 2.46. The van der Waals surface area contributed by atoms with Gasteiger partial charge in [0.15, 0.2) is 0 Å². The molecular formula is C20H18N2O2. The third-order valence-corrected chi connectivity index (χ3v) is 3.64. The lowest BCUT2D eigenvalue weighted by molar-refractivity contribution is -0.114. The van der Waals surface area contributed by atoms with E-state index in [9.17, 15) is 4.79 Å². The van der Waals surface area contributed by atoms with E-state index in [2.05, 4.69) is 11.7 Å². The smallest absolute Gasteiger partial charge is 0.280 e. The number of benzene rings is 2. The highest BCUT2D eigenvalue weighted by Crippen LogP contribution is 2.27. The van der Waals surface area contributed by atoms with Gasteiger partial charge in [0.25, 0.3) is 5.91 Å². The molecule has 0 bridgehead atoms. The van der Waals surface area contributed by atoms with E-state index in [0.717, 1.165) is 11.3 Å². The Bertz CT molecular complexity index is 823. The van der Waals surface area contributed by atoms with Gasteiger partial charge in [-0.1, -0.05) is 49.1 Å². The van der Waals surface area contributed by atoms with E-state index in [1.54, 1.807) is 6.08 Å². The van der Waals surface area contributed by atoms with Crippen LogP contribution in [0.25, 0.3) is 6.08 Å². The molecule has 2 aromatic rings. The van der Waals surface area contributed by atoms with Crippen LogP contribution in [0.1, 0.15) is 12.5 Å². The summed E-state index contributed by atoms with van der Waals surface area (Å²) < 4.78 is 5.65. The monoisotopic (exact) mass is 318 g/mol. The summed E-state index contributed by atoms with van der Waals surface area (Å²) in [5, 5.41) is 5.81. The molecule has 0 saturated heterocycles. The highest BCUT2D eigenvalue weighted by Gasteiger charge is 2.28. The second-order valence-electron chi connectivity index (χ2n) is 5.33. The maximum atomic E-state index is 12.7. The van der Waals surface area contributed by atoms with Crippen molar-refractivity contribution in [1.29, 1.82) is 0 Å². The first-order valence-electron chi connectivity index (χ1n) is 7.70. The minimum Gasteiger partial charge on any atom is -0.489 e. The van der Waals surface area contributed by atoms with Crippen molar-refractivity contribution in [3.8, 4) is 5.75 Å². The van der Waals surface area contributed by atoms with Crippen LogP contribution < -0.4 is 9.75 Å². The molecule has 0 unspecified atom stereocenters. The Labute approximate surface area is 141 Å². The van der Waals surface area contributed by atoms with Gasteiger partial charge >= 0.3 is 0 Å². The number of para-hydroxylation sites is 2. The summed E-state index contributed by atoms with van der Waals surface area (Å²) in [7, 11) is 0. The lowest BCUT2D eigenvalue weighted by atomic mass is 10.1. The number of ether oxygens (including phenoxy) is 1. The number of amides is 1. The Morgan fingerprint density at radius 1 is 1.12 bits per heavy atom. The number of hydrazone groups is 1. The Balaban J connectivity index is 1.93. The third-order valence-electron chi connectivity index (χ3n) is 3.64. The largest absolute Gasteiger partial charge is 0.489 e. The number of nitrogens with zero attached hydrogens (tertiary/aromatic N) is 2. The van der Waals surface area contributed by atoms with E-state index < -0.39 is 0 Å². The Morgan fingerprint density at radius 2 is 1.83 bits per heavy atom. The summed E-state index contributed by atoms with van der Waals surface area (Å²) in [6.45, 7) is 5.90. The zero-order valence-corrected chi connectivity index (χ0v) is 13.5. The van der Waals surface area contributed by atoms with Crippen molar-refractivity contribution < 1.29 is 9.53 Å². The minimum atomic E-state index is -0.141. The van der Waals surface area contributed by atoms with Crippen LogP contribution in [0.3, 0.4) is 0 Å². The van der Waals surface area contributed by atoms with Gasteiger partial charge in [0.05, 0.1) is 17.0 Å². The highest BCUT2D eigenvalue weighted by molar-refractivity contribution is 6.32. The molecule has 0 atom stereocenters. The fraction of sp³-hybridized carbons (Fsp3) is 0.100. The molecule has 120 valence electrons. The lowest BCUT2D eigenvalue weighted by Crippen LogP contribution is -2.21. The average Bonchev–Trinajstić information content (AvgIpc) is 2.90. The van der Waals surface area contributed by atoms with Gasteiger partial charge in [-0.2, -0.15) is 10.1 Å². The molecule has 0 saturated carbocycles. The third kappa shape index (κ3) is 3.13. The predicted octanol–water partition coefficient (Wildman–Crippen LogP) is 4.06. The number of hydrogen-bond acceptors (Lipinski definition) is 3. The molecule has 4 nitrogen and oxygen atoms in total. The van der Waals surface area contributed by atoms with Gasteiger partial charge in [0.2, 0.25) is 0 Å². The Morgan fingerprint density at radius 3 is 2.58 bits per heavy atom. The molecule has 0 N–H and O–H groups in total. The van der Waals surface area contributed by atoms with Crippen molar-refractivity contribution in [2.75, 3.05) is 11.6 Å². The summed E-state index contributed by atoms with van der Waals surface area (Å²) >= 11 is 0. The molecule has 0 radical (unpaired) electrons. The molecule has 2 aromatic carbocycles. The molecule has 24 heavy (non-hydrogen) atoms. The van der Waals surface area contributed by atoms with Crippen molar-refractivity contribution in [3.05, 3.63) is 78.4 Å². The number of carbonyl (C=O) groups is 1. The SMILES string of the molecule is C=CCOc1ccccc1C=C1C(=O)N(c2ccccc2)N=C1C. The van der Waals surface area contributed by atoms with Gasteiger partial charge in [-0.3, -0.25) is 4.79 Å². The molecule has 0 spiro atoms. The van der Waals surface area contributed by atoms with Crippen LogP contribution >= 0.6 is 0 Å². The van der Waals surface area contributed by atoms with Crippen molar-refractivity contribution >= 4 is 23.4 Å². The summed E-state index contributed by atoms with van der Waals surface area (Å²) in [5.74, 6) is 0.570. The number of anilines is 1. The molecule has 1 amide bonds. The Hall–Kier alpha value is -3.14. The molecule has 1 aliphatic rings. The minimum absolute atomic E-state index is 0.141. The molecule has 3 rings (SSSR count). The lowest BCUT2D eigenvalue weighted by Gasteiger charge is -2.11.